The van der Waals surface area contributed by atoms with Crippen LogP contribution in [-0.2, 0) is 16.0 Å². The van der Waals surface area contributed by atoms with Gasteiger partial charge in [-0.2, -0.15) is 5.10 Å². The zero-order valence-electron chi connectivity index (χ0n) is 18.4. The van der Waals surface area contributed by atoms with Gasteiger partial charge in [-0.3, -0.25) is 30.0 Å². The SMILES string of the molecule is CC(C)n1nc(C(=O)NNC(=O)CC[C@@H]2Cc3ccccc3NC2=O)c2ccccc2c1=O. The summed E-state index contributed by atoms with van der Waals surface area (Å²) in [7, 11) is 0. The van der Waals surface area contributed by atoms with Gasteiger partial charge in [-0.1, -0.05) is 36.4 Å². The summed E-state index contributed by atoms with van der Waals surface area (Å²) in [5, 5.41) is 7.86. The van der Waals surface area contributed by atoms with Gasteiger partial charge >= 0.3 is 0 Å². The largest absolute Gasteiger partial charge is 0.326 e. The summed E-state index contributed by atoms with van der Waals surface area (Å²) < 4.78 is 1.25. The van der Waals surface area contributed by atoms with E-state index in [1.165, 1.54) is 4.68 Å². The molecule has 1 atom stereocenters. The zero-order chi connectivity index (χ0) is 23.5. The van der Waals surface area contributed by atoms with Crippen LogP contribution in [0.5, 0.6) is 0 Å². The molecule has 3 N–H and O–H groups in total. The standard InChI is InChI=1S/C24H25N5O4/c1-14(2)29-24(33)18-9-5-4-8-17(18)21(28-29)23(32)27-26-20(30)12-11-16-13-15-7-3-6-10-19(15)25-22(16)31/h3-10,14,16H,11-13H2,1-2H3,(H,25,31)(H,26,30)(H,27,32)/t16-/m1/s1. The maximum absolute atomic E-state index is 12.8. The molecular weight excluding hydrogens is 422 g/mol. The number of benzene rings is 2. The van der Waals surface area contributed by atoms with Crippen LogP contribution in [0.1, 0.15) is 48.8 Å². The van der Waals surface area contributed by atoms with Crippen molar-refractivity contribution in [3.8, 4) is 0 Å². The molecule has 2 aromatic carbocycles. The first kappa shape index (κ1) is 22.2. The number of rotatable bonds is 5. The number of para-hydroxylation sites is 1. The maximum atomic E-state index is 12.8. The fourth-order valence-electron chi connectivity index (χ4n) is 3.92. The molecule has 1 aliphatic rings. The Balaban J connectivity index is 1.40. The van der Waals surface area contributed by atoms with Crippen LogP contribution < -0.4 is 21.7 Å². The summed E-state index contributed by atoms with van der Waals surface area (Å²) in [6, 6.07) is 14.1. The van der Waals surface area contributed by atoms with E-state index in [1.54, 1.807) is 38.1 Å². The van der Waals surface area contributed by atoms with E-state index >= 15 is 0 Å². The van der Waals surface area contributed by atoms with E-state index in [4.69, 9.17) is 0 Å². The Bertz CT molecular complexity index is 1300. The fraction of sp³-hybridized carbons (Fsp3) is 0.292. The Hall–Kier alpha value is -4.01. The topological polar surface area (TPSA) is 122 Å². The molecule has 0 fully saturated rings. The average Bonchev–Trinajstić information content (AvgIpc) is 2.81. The summed E-state index contributed by atoms with van der Waals surface area (Å²) in [6.07, 6.45) is 0.982. The molecule has 1 aliphatic heterocycles. The third-order valence-corrected chi connectivity index (χ3v) is 5.68. The average molecular weight is 447 g/mol. The molecule has 4 rings (SSSR count). The molecule has 0 spiro atoms. The molecule has 0 unspecified atom stereocenters. The summed E-state index contributed by atoms with van der Waals surface area (Å²) in [4.78, 5) is 50.0. The highest BCUT2D eigenvalue weighted by atomic mass is 16.2. The number of hydrazine groups is 1. The molecule has 0 saturated carbocycles. The number of carbonyl (C=O) groups excluding carboxylic acids is 3. The zero-order valence-corrected chi connectivity index (χ0v) is 18.4. The van der Waals surface area contributed by atoms with Gasteiger partial charge in [-0.15, -0.1) is 0 Å². The normalized spacial score (nSPS) is 15.1. The minimum atomic E-state index is -0.627. The Morgan fingerprint density at radius 1 is 1.06 bits per heavy atom. The lowest BCUT2D eigenvalue weighted by Crippen LogP contribution is -2.43. The Kier molecular flexibility index (Phi) is 6.21. The monoisotopic (exact) mass is 447 g/mol. The number of amides is 3. The highest BCUT2D eigenvalue weighted by Gasteiger charge is 2.26. The molecule has 9 nitrogen and oxygen atoms in total. The lowest BCUT2D eigenvalue weighted by atomic mass is 9.89. The third-order valence-electron chi connectivity index (χ3n) is 5.68. The van der Waals surface area contributed by atoms with Gasteiger partial charge in [0.25, 0.3) is 11.5 Å². The Labute approximate surface area is 190 Å². The second kappa shape index (κ2) is 9.23. The minimum absolute atomic E-state index is 0.0439. The molecule has 0 radical (unpaired) electrons. The highest BCUT2D eigenvalue weighted by Crippen LogP contribution is 2.27. The van der Waals surface area contributed by atoms with Crippen molar-refractivity contribution in [3.05, 3.63) is 70.1 Å². The Morgan fingerprint density at radius 2 is 1.76 bits per heavy atom. The predicted octanol–water partition coefficient (Wildman–Crippen LogP) is 2.33. The quantitative estimate of drug-likeness (QED) is 0.518. The molecule has 3 amide bonds. The number of carbonyl (C=O) groups is 3. The lowest BCUT2D eigenvalue weighted by molar-refractivity contribution is -0.123. The van der Waals surface area contributed by atoms with Crippen LogP contribution in [0.2, 0.25) is 0 Å². The second-order valence-electron chi connectivity index (χ2n) is 8.33. The summed E-state index contributed by atoms with van der Waals surface area (Å²) in [5.41, 5.74) is 6.36. The van der Waals surface area contributed by atoms with Crippen molar-refractivity contribution < 1.29 is 14.4 Å². The predicted molar refractivity (Wildman–Crippen MR) is 123 cm³/mol. The lowest BCUT2D eigenvalue weighted by Gasteiger charge is -2.24. The summed E-state index contributed by atoms with van der Waals surface area (Å²) in [5.74, 6) is -1.48. The molecule has 170 valence electrons. The molecule has 3 aromatic rings. The number of anilines is 1. The first-order valence-electron chi connectivity index (χ1n) is 10.8. The van der Waals surface area contributed by atoms with Crippen molar-refractivity contribution in [2.75, 3.05) is 5.32 Å². The van der Waals surface area contributed by atoms with Gasteiger partial charge in [0.2, 0.25) is 11.8 Å². The van der Waals surface area contributed by atoms with Crippen LogP contribution >= 0.6 is 0 Å². The minimum Gasteiger partial charge on any atom is -0.326 e. The number of nitrogens with zero attached hydrogens (tertiary/aromatic N) is 2. The van der Waals surface area contributed by atoms with Crippen molar-refractivity contribution in [1.82, 2.24) is 20.6 Å². The number of fused-ring (bicyclic) bond motifs is 2. The van der Waals surface area contributed by atoms with E-state index in [-0.39, 0.29) is 35.5 Å². The molecule has 0 saturated heterocycles. The van der Waals surface area contributed by atoms with Crippen LogP contribution in [0.3, 0.4) is 0 Å². The van der Waals surface area contributed by atoms with Crippen molar-refractivity contribution in [2.24, 2.45) is 5.92 Å². The number of hydrogen-bond donors (Lipinski definition) is 3. The van der Waals surface area contributed by atoms with Gasteiger partial charge < -0.3 is 5.32 Å². The molecule has 0 aliphatic carbocycles. The second-order valence-corrected chi connectivity index (χ2v) is 8.33. The van der Waals surface area contributed by atoms with Crippen LogP contribution in [0.4, 0.5) is 5.69 Å². The molecule has 2 heterocycles. The van der Waals surface area contributed by atoms with E-state index in [1.807, 2.05) is 24.3 Å². The number of aromatic nitrogens is 2. The van der Waals surface area contributed by atoms with Crippen molar-refractivity contribution in [1.29, 1.82) is 0 Å². The van der Waals surface area contributed by atoms with Crippen LogP contribution in [0.25, 0.3) is 10.8 Å². The van der Waals surface area contributed by atoms with Gasteiger partial charge in [-0.05, 0) is 44.4 Å². The molecule has 0 bridgehead atoms. The molecule has 1 aromatic heterocycles. The van der Waals surface area contributed by atoms with Gasteiger partial charge in [-0.25, -0.2) is 4.68 Å². The number of hydrogen-bond acceptors (Lipinski definition) is 5. The first-order valence-corrected chi connectivity index (χ1v) is 10.8. The smallest absolute Gasteiger partial charge is 0.290 e. The van der Waals surface area contributed by atoms with E-state index < -0.39 is 11.8 Å². The van der Waals surface area contributed by atoms with Gasteiger partial charge in [0.05, 0.1) is 11.4 Å². The van der Waals surface area contributed by atoms with Crippen LogP contribution in [0.15, 0.2) is 53.3 Å². The molecule has 33 heavy (non-hydrogen) atoms. The van der Waals surface area contributed by atoms with Gasteiger partial charge in [0.1, 0.15) is 0 Å². The summed E-state index contributed by atoms with van der Waals surface area (Å²) >= 11 is 0. The van der Waals surface area contributed by atoms with E-state index in [9.17, 15) is 19.2 Å². The Morgan fingerprint density at radius 3 is 2.52 bits per heavy atom. The van der Waals surface area contributed by atoms with E-state index in [0.717, 1.165) is 11.3 Å². The third kappa shape index (κ3) is 4.62. The van der Waals surface area contributed by atoms with E-state index in [2.05, 4.69) is 21.3 Å². The van der Waals surface area contributed by atoms with Crippen molar-refractivity contribution >= 4 is 34.2 Å². The number of nitrogens with one attached hydrogen (secondary N) is 3. The van der Waals surface area contributed by atoms with Gasteiger partial charge in [0.15, 0.2) is 5.69 Å². The highest BCUT2D eigenvalue weighted by molar-refractivity contribution is 6.05. The fourth-order valence-corrected chi connectivity index (χ4v) is 3.92. The maximum Gasteiger partial charge on any atom is 0.290 e. The van der Waals surface area contributed by atoms with E-state index in [0.29, 0.717) is 23.6 Å². The van der Waals surface area contributed by atoms with Crippen LogP contribution in [0, 0.1) is 5.92 Å². The van der Waals surface area contributed by atoms with Crippen LogP contribution in [-0.4, -0.2) is 27.5 Å². The van der Waals surface area contributed by atoms with Crippen molar-refractivity contribution in [3.63, 3.8) is 0 Å². The first-order chi connectivity index (χ1) is 15.8. The molecular formula is C24H25N5O4. The molecule has 9 heteroatoms. The van der Waals surface area contributed by atoms with Crippen molar-refractivity contribution in [2.45, 2.75) is 39.2 Å². The van der Waals surface area contributed by atoms with Gasteiger partial charge in [0, 0.05) is 23.4 Å². The summed E-state index contributed by atoms with van der Waals surface area (Å²) in [6.45, 7) is 3.60.